The van der Waals surface area contributed by atoms with Crippen LogP contribution in [0.15, 0.2) is 36.7 Å². The van der Waals surface area contributed by atoms with Crippen molar-refractivity contribution in [2.45, 2.75) is 122 Å². The summed E-state index contributed by atoms with van der Waals surface area (Å²) in [6.07, 6.45) is 17.0. The highest BCUT2D eigenvalue weighted by atomic mass is 31.2. The molecule has 2 aromatic heterocycles. The average molecular weight is 759 g/mol. The molecule has 0 fully saturated rings. The largest absolute Gasteiger partial charge is 0.472 e. The van der Waals surface area contributed by atoms with Gasteiger partial charge in [0.25, 0.3) is 0 Å². The molecule has 53 heavy (non-hydrogen) atoms. The average Bonchev–Trinajstić information content (AvgIpc) is 3.58. The number of nitrogen functional groups attached to an aromatic ring is 1. The minimum Gasteiger partial charge on any atom is -0.382 e. The standard InChI is InChI=1S/C38H56FN6O7P/c1-3-4-5-6-7-8-9-10-11-12-13-14-15-20-49-26-35(50-25-32-21-31(24-40)22-33(39)23-32)27-51-53(46,47)52-29-38(28-41,48-2)19-18-34-16-17-36-37(42)43-30-44-45(34)36/h16-17,21-23,30,35H,3-15,18-20,25-27,29H2,1-2H3,(H,46,47)(H2,42,43,44)/t35-,38-/m1/s1. The summed E-state index contributed by atoms with van der Waals surface area (Å²) in [7, 11) is -3.39. The molecule has 0 spiro atoms. The van der Waals surface area contributed by atoms with E-state index in [2.05, 4.69) is 17.0 Å². The lowest BCUT2D eigenvalue weighted by Gasteiger charge is -2.26. The van der Waals surface area contributed by atoms with Crippen molar-refractivity contribution in [3.05, 3.63) is 59.3 Å². The van der Waals surface area contributed by atoms with Gasteiger partial charge in [-0.25, -0.2) is 18.5 Å². The fraction of sp³-hybridized carbons (Fsp3) is 0.632. The van der Waals surface area contributed by atoms with Gasteiger partial charge in [-0.3, -0.25) is 9.05 Å². The van der Waals surface area contributed by atoms with Crippen LogP contribution in [0.2, 0.25) is 0 Å². The number of aromatic nitrogens is 3. The van der Waals surface area contributed by atoms with Crippen molar-refractivity contribution >= 4 is 19.2 Å². The smallest absolute Gasteiger partial charge is 0.382 e. The summed E-state index contributed by atoms with van der Waals surface area (Å²) in [4.78, 5) is 14.5. The van der Waals surface area contributed by atoms with Gasteiger partial charge in [-0.15, -0.1) is 0 Å². The van der Waals surface area contributed by atoms with E-state index in [1.807, 2.05) is 12.1 Å². The van der Waals surface area contributed by atoms with Crippen molar-refractivity contribution in [1.82, 2.24) is 14.6 Å². The van der Waals surface area contributed by atoms with Crippen molar-refractivity contribution in [1.29, 1.82) is 10.5 Å². The molecule has 3 N–H and O–H groups in total. The van der Waals surface area contributed by atoms with Gasteiger partial charge in [0, 0.05) is 19.4 Å². The van der Waals surface area contributed by atoms with Gasteiger partial charge in [-0.1, -0.05) is 84.0 Å². The first-order chi connectivity index (χ1) is 25.6. The molecule has 3 atom stereocenters. The highest BCUT2D eigenvalue weighted by molar-refractivity contribution is 7.47. The Balaban J connectivity index is 1.46. The van der Waals surface area contributed by atoms with Crippen LogP contribution in [-0.4, -0.2) is 64.7 Å². The van der Waals surface area contributed by atoms with Crippen molar-refractivity contribution in [2.75, 3.05) is 39.3 Å². The fourth-order valence-corrected chi connectivity index (χ4v) is 6.69. The highest BCUT2D eigenvalue weighted by Gasteiger charge is 2.35. The number of anilines is 1. The molecule has 0 aliphatic carbocycles. The number of nitrogens with zero attached hydrogens (tertiary/aromatic N) is 5. The van der Waals surface area contributed by atoms with E-state index in [1.165, 1.54) is 89.8 Å². The summed E-state index contributed by atoms with van der Waals surface area (Å²) in [6, 6.07) is 11.4. The number of nitrogens with two attached hydrogens (primary N) is 1. The Morgan fingerprint density at radius 1 is 0.981 bits per heavy atom. The Hall–Kier alpha value is -3.46. The number of halogens is 1. The van der Waals surface area contributed by atoms with Gasteiger partial charge in [-0.05, 0) is 55.2 Å². The Kier molecular flexibility index (Phi) is 19.9. The van der Waals surface area contributed by atoms with Gasteiger partial charge >= 0.3 is 7.82 Å². The zero-order valence-electron chi connectivity index (χ0n) is 31.2. The lowest BCUT2D eigenvalue weighted by molar-refractivity contribution is -0.0554. The summed E-state index contributed by atoms with van der Waals surface area (Å²) in [5.74, 6) is -0.273. The fourth-order valence-electron chi connectivity index (χ4n) is 5.89. The van der Waals surface area contributed by atoms with E-state index < -0.39 is 38.6 Å². The van der Waals surface area contributed by atoms with Crippen molar-refractivity contribution < 1.29 is 37.1 Å². The first-order valence-electron chi connectivity index (χ1n) is 18.7. The molecule has 0 saturated heterocycles. The lowest BCUT2D eigenvalue weighted by Crippen LogP contribution is -2.36. The molecule has 292 valence electrons. The molecule has 0 amide bonds. The van der Waals surface area contributed by atoms with Crippen LogP contribution < -0.4 is 5.73 Å². The third kappa shape index (κ3) is 16.2. The molecule has 0 bridgehead atoms. The minimum atomic E-state index is -4.70. The first-order valence-corrected chi connectivity index (χ1v) is 20.2. The molecule has 1 aromatic carbocycles. The maximum absolute atomic E-state index is 14.0. The quantitative estimate of drug-likeness (QED) is 0.0514. The summed E-state index contributed by atoms with van der Waals surface area (Å²) in [6.45, 7) is 1.71. The normalized spacial score (nSPS) is 14.4. The van der Waals surface area contributed by atoms with Gasteiger partial charge in [0.15, 0.2) is 11.4 Å². The van der Waals surface area contributed by atoms with Crippen LogP contribution in [0.3, 0.4) is 0 Å². The lowest BCUT2D eigenvalue weighted by atomic mass is 9.99. The molecular weight excluding hydrogens is 702 g/mol. The third-order valence-corrected chi connectivity index (χ3v) is 10.0. The Bertz CT molecular complexity index is 1650. The topological polar surface area (TPSA) is 187 Å². The minimum absolute atomic E-state index is 0.0399. The van der Waals surface area contributed by atoms with E-state index >= 15 is 0 Å². The number of methoxy groups -OCH3 is 1. The zero-order chi connectivity index (χ0) is 38.4. The molecular formula is C38H56FN6O7P. The molecule has 3 rings (SSSR count). The number of ether oxygens (including phenoxy) is 3. The Morgan fingerprint density at radius 3 is 2.30 bits per heavy atom. The van der Waals surface area contributed by atoms with E-state index in [9.17, 15) is 24.4 Å². The molecule has 15 heteroatoms. The summed E-state index contributed by atoms with van der Waals surface area (Å²) >= 11 is 0. The number of benzene rings is 1. The number of phosphoric acid groups is 1. The second-order valence-corrected chi connectivity index (χ2v) is 14.8. The van der Waals surface area contributed by atoms with Crippen molar-refractivity contribution in [3.63, 3.8) is 0 Å². The third-order valence-electron chi connectivity index (χ3n) is 9.09. The van der Waals surface area contributed by atoms with Gasteiger partial charge in [0.1, 0.15) is 36.4 Å². The van der Waals surface area contributed by atoms with Crippen LogP contribution in [-0.2, 0) is 40.9 Å². The maximum atomic E-state index is 14.0. The SMILES string of the molecule is CCCCCCCCCCCCCCCOC[C@H](COP(=O)(O)OC[C@](C#N)(CCc1ccc2c(N)ncnn12)OC)OCc1cc(F)cc(C#N)c1. The number of fused-ring (bicyclic) bond motifs is 1. The van der Waals surface area contributed by atoms with Crippen LogP contribution >= 0.6 is 7.82 Å². The number of phosphoric ester groups is 1. The van der Waals surface area contributed by atoms with Crippen molar-refractivity contribution in [3.8, 4) is 12.1 Å². The number of hydrogen-bond acceptors (Lipinski definition) is 11. The molecule has 2 heterocycles. The summed E-state index contributed by atoms with van der Waals surface area (Å²) < 4.78 is 56.3. The van der Waals surface area contributed by atoms with E-state index in [4.69, 9.17) is 29.0 Å². The predicted octanol–water partition coefficient (Wildman–Crippen LogP) is 7.99. The van der Waals surface area contributed by atoms with E-state index in [-0.39, 0.29) is 25.2 Å². The monoisotopic (exact) mass is 758 g/mol. The van der Waals surface area contributed by atoms with Crippen molar-refractivity contribution in [2.24, 2.45) is 0 Å². The van der Waals surface area contributed by atoms with Crippen LogP contribution in [0.1, 0.15) is 114 Å². The maximum Gasteiger partial charge on any atom is 0.472 e. The second kappa shape index (κ2) is 24.0. The number of nitriles is 2. The van der Waals surface area contributed by atoms with Crippen LogP contribution in [0.4, 0.5) is 10.2 Å². The number of aryl methyl sites for hydroxylation is 1. The van der Waals surface area contributed by atoms with E-state index in [0.29, 0.717) is 29.9 Å². The van der Waals surface area contributed by atoms with Crippen LogP contribution in [0.25, 0.3) is 5.52 Å². The van der Waals surface area contributed by atoms with Gasteiger partial charge < -0.3 is 24.8 Å². The van der Waals surface area contributed by atoms with Crippen LogP contribution in [0, 0.1) is 28.5 Å². The molecule has 0 radical (unpaired) electrons. The Morgan fingerprint density at radius 2 is 1.66 bits per heavy atom. The van der Waals surface area contributed by atoms with Gasteiger partial charge in [-0.2, -0.15) is 15.6 Å². The first kappa shape index (κ1) is 43.9. The number of rotatable bonds is 29. The van der Waals surface area contributed by atoms with E-state index in [1.54, 1.807) is 16.6 Å². The number of hydrogen-bond donors (Lipinski definition) is 2. The van der Waals surface area contributed by atoms with Crippen LogP contribution in [0.5, 0.6) is 0 Å². The van der Waals surface area contributed by atoms with Gasteiger partial charge in [0.2, 0.25) is 0 Å². The molecule has 13 nitrogen and oxygen atoms in total. The molecule has 1 unspecified atom stereocenters. The number of unbranched alkanes of at least 4 members (excludes halogenated alkanes) is 12. The summed E-state index contributed by atoms with van der Waals surface area (Å²) in [5.41, 5.74) is 6.23. The Labute approximate surface area is 313 Å². The zero-order valence-corrected chi connectivity index (χ0v) is 32.1. The predicted molar refractivity (Wildman–Crippen MR) is 199 cm³/mol. The molecule has 0 aliphatic rings. The van der Waals surface area contributed by atoms with Gasteiger partial charge in [0.05, 0.1) is 31.5 Å². The summed E-state index contributed by atoms with van der Waals surface area (Å²) in [5, 5.41) is 23.4. The highest BCUT2D eigenvalue weighted by Crippen LogP contribution is 2.44. The van der Waals surface area contributed by atoms with E-state index in [0.717, 1.165) is 31.0 Å². The molecule has 3 aromatic rings. The molecule has 0 aliphatic heterocycles. The molecule has 0 saturated carbocycles. The second-order valence-electron chi connectivity index (χ2n) is 13.3.